The second kappa shape index (κ2) is 8.19. The summed E-state index contributed by atoms with van der Waals surface area (Å²) in [5, 5.41) is 0. The number of hydrogen-bond donors (Lipinski definition) is 1. The highest BCUT2D eigenvalue weighted by molar-refractivity contribution is 5.27. The summed E-state index contributed by atoms with van der Waals surface area (Å²) in [5.74, 6) is 1.46. The summed E-state index contributed by atoms with van der Waals surface area (Å²) >= 11 is 0. The van der Waals surface area contributed by atoms with Gasteiger partial charge in [-0.1, -0.05) is 79.4 Å². The van der Waals surface area contributed by atoms with Gasteiger partial charge in [-0.25, -0.2) is 0 Å². The zero-order valence-electron chi connectivity index (χ0n) is 17.3. The van der Waals surface area contributed by atoms with Crippen molar-refractivity contribution in [2.45, 2.75) is 106 Å². The van der Waals surface area contributed by atoms with Gasteiger partial charge in [0.05, 0.1) is 0 Å². The van der Waals surface area contributed by atoms with Crippen LogP contribution in [0.2, 0.25) is 0 Å². The fourth-order valence-corrected chi connectivity index (χ4v) is 4.52. The van der Waals surface area contributed by atoms with Crippen molar-refractivity contribution in [1.82, 2.24) is 0 Å². The first-order valence-corrected chi connectivity index (χ1v) is 9.99. The molecule has 1 aliphatic carbocycles. The van der Waals surface area contributed by atoms with Gasteiger partial charge in [0.15, 0.2) is 0 Å². The highest BCUT2D eigenvalue weighted by Gasteiger charge is 2.37. The average molecular weight is 322 g/mol. The van der Waals surface area contributed by atoms with Crippen molar-refractivity contribution in [3.05, 3.63) is 11.1 Å². The highest BCUT2D eigenvalue weighted by atomic mass is 14.6. The van der Waals surface area contributed by atoms with E-state index in [2.05, 4.69) is 55.4 Å². The molecule has 3 atom stereocenters. The summed E-state index contributed by atoms with van der Waals surface area (Å²) < 4.78 is 0. The lowest BCUT2D eigenvalue weighted by Gasteiger charge is -2.40. The maximum Gasteiger partial charge on any atom is 0.00764 e. The number of hydrogen-bond acceptors (Lipinski definition) is 1. The van der Waals surface area contributed by atoms with Gasteiger partial charge in [-0.3, -0.25) is 0 Å². The van der Waals surface area contributed by atoms with Gasteiger partial charge in [-0.15, -0.1) is 0 Å². The van der Waals surface area contributed by atoms with E-state index in [1.165, 1.54) is 38.5 Å². The van der Waals surface area contributed by atoms with Crippen LogP contribution in [0.3, 0.4) is 0 Å². The fourth-order valence-electron chi connectivity index (χ4n) is 4.52. The highest BCUT2D eigenvalue weighted by Crippen LogP contribution is 2.49. The van der Waals surface area contributed by atoms with Gasteiger partial charge in [0, 0.05) is 6.04 Å². The van der Waals surface area contributed by atoms with E-state index in [0.29, 0.717) is 22.8 Å². The van der Waals surface area contributed by atoms with Gasteiger partial charge in [-0.05, 0) is 54.8 Å². The second-order valence-electron chi connectivity index (χ2n) is 9.91. The first kappa shape index (κ1) is 20.7. The van der Waals surface area contributed by atoms with Crippen molar-refractivity contribution in [3.8, 4) is 0 Å². The quantitative estimate of drug-likeness (QED) is 0.540. The van der Waals surface area contributed by atoms with Crippen molar-refractivity contribution in [2.24, 2.45) is 28.4 Å². The molecule has 1 rings (SSSR count). The Hall–Kier alpha value is -0.300. The monoisotopic (exact) mass is 321 g/mol. The Balaban J connectivity index is 3.39. The minimum absolute atomic E-state index is 0.304. The molecule has 0 fully saturated rings. The molecular formula is C22H43N. The summed E-state index contributed by atoms with van der Waals surface area (Å²) in [6.07, 6.45) is 8.59. The number of allylic oxidation sites excluding steroid dienone is 1. The number of rotatable bonds is 6. The van der Waals surface area contributed by atoms with E-state index >= 15 is 0 Å². The molecular weight excluding hydrogens is 278 g/mol. The molecule has 0 radical (unpaired) electrons. The van der Waals surface area contributed by atoms with Crippen LogP contribution < -0.4 is 5.73 Å². The maximum absolute atomic E-state index is 6.44. The van der Waals surface area contributed by atoms with Crippen LogP contribution in [0.25, 0.3) is 0 Å². The van der Waals surface area contributed by atoms with E-state index in [9.17, 15) is 0 Å². The summed E-state index contributed by atoms with van der Waals surface area (Å²) in [6.45, 7) is 19.3. The SMILES string of the molecule is CCCC1=C(C(CC(C)(C)C)C(C)CC)C(C)(C)CCC(N)C1. The molecule has 0 heterocycles. The van der Waals surface area contributed by atoms with Crippen LogP contribution in [0.15, 0.2) is 11.1 Å². The Kier molecular flexibility index (Phi) is 7.38. The van der Waals surface area contributed by atoms with Crippen molar-refractivity contribution >= 4 is 0 Å². The van der Waals surface area contributed by atoms with E-state index in [0.717, 1.165) is 12.3 Å². The molecule has 1 aliphatic rings. The third-order valence-corrected chi connectivity index (χ3v) is 5.84. The molecule has 23 heavy (non-hydrogen) atoms. The van der Waals surface area contributed by atoms with Crippen LogP contribution in [0.1, 0.15) is 100 Å². The molecule has 2 N–H and O–H groups in total. The van der Waals surface area contributed by atoms with Crippen molar-refractivity contribution in [1.29, 1.82) is 0 Å². The Morgan fingerprint density at radius 3 is 2.30 bits per heavy atom. The van der Waals surface area contributed by atoms with Crippen LogP contribution in [0, 0.1) is 22.7 Å². The first-order chi connectivity index (χ1) is 10.5. The minimum atomic E-state index is 0.304. The standard InChI is InChI=1S/C22H43N/c1-9-11-17-14-18(23)12-13-22(7,8)20(17)19(16(3)10-2)15-21(4,5)6/h16,18-19H,9-15,23H2,1-8H3. The van der Waals surface area contributed by atoms with Crippen LogP contribution >= 0.6 is 0 Å². The topological polar surface area (TPSA) is 26.0 Å². The van der Waals surface area contributed by atoms with Crippen LogP contribution in [-0.4, -0.2) is 6.04 Å². The van der Waals surface area contributed by atoms with Crippen molar-refractivity contribution in [3.63, 3.8) is 0 Å². The summed E-state index contributed by atoms with van der Waals surface area (Å²) in [4.78, 5) is 0. The third-order valence-electron chi connectivity index (χ3n) is 5.84. The second-order valence-corrected chi connectivity index (χ2v) is 9.91. The molecule has 136 valence electrons. The van der Waals surface area contributed by atoms with Gasteiger partial charge < -0.3 is 5.73 Å². The fraction of sp³-hybridized carbons (Fsp3) is 0.909. The van der Waals surface area contributed by atoms with Gasteiger partial charge in [-0.2, -0.15) is 0 Å². The smallest absolute Gasteiger partial charge is 0.00764 e. The molecule has 0 spiro atoms. The summed E-state index contributed by atoms with van der Waals surface area (Å²) in [7, 11) is 0. The molecule has 0 aromatic carbocycles. The minimum Gasteiger partial charge on any atom is -0.327 e. The molecule has 0 amide bonds. The van der Waals surface area contributed by atoms with E-state index < -0.39 is 0 Å². The Bertz CT molecular complexity index is 397. The third kappa shape index (κ3) is 5.93. The molecule has 0 saturated carbocycles. The molecule has 0 saturated heterocycles. The molecule has 1 heteroatoms. The van der Waals surface area contributed by atoms with E-state index in [4.69, 9.17) is 5.73 Å². The van der Waals surface area contributed by atoms with Crippen molar-refractivity contribution in [2.75, 3.05) is 0 Å². The molecule has 0 aromatic rings. The predicted octanol–water partition coefficient (Wildman–Crippen LogP) is 6.72. The molecule has 0 aromatic heterocycles. The van der Waals surface area contributed by atoms with E-state index in [1.54, 1.807) is 11.1 Å². The van der Waals surface area contributed by atoms with Gasteiger partial charge in [0.1, 0.15) is 0 Å². The predicted molar refractivity (Wildman–Crippen MR) is 105 cm³/mol. The lowest BCUT2D eigenvalue weighted by atomic mass is 9.65. The first-order valence-electron chi connectivity index (χ1n) is 9.99. The lowest BCUT2D eigenvalue weighted by molar-refractivity contribution is 0.219. The van der Waals surface area contributed by atoms with Gasteiger partial charge >= 0.3 is 0 Å². The normalized spacial score (nSPS) is 25.2. The molecule has 0 aliphatic heterocycles. The summed E-state index contributed by atoms with van der Waals surface area (Å²) in [6, 6.07) is 0.362. The van der Waals surface area contributed by atoms with E-state index in [1.807, 2.05) is 0 Å². The molecule has 3 unspecified atom stereocenters. The van der Waals surface area contributed by atoms with Gasteiger partial charge in [0.25, 0.3) is 0 Å². The Morgan fingerprint density at radius 2 is 1.83 bits per heavy atom. The lowest BCUT2D eigenvalue weighted by Crippen LogP contribution is -2.29. The zero-order valence-corrected chi connectivity index (χ0v) is 17.3. The Labute approximate surface area is 146 Å². The van der Waals surface area contributed by atoms with Crippen LogP contribution in [0.4, 0.5) is 0 Å². The average Bonchev–Trinajstić information content (AvgIpc) is 2.52. The van der Waals surface area contributed by atoms with Crippen molar-refractivity contribution < 1.29 is 0 Å². The Morgan fingerprint density at radius 1 is 1.22 bits per heavy atom. The molecule has 0 bridgehead atoms. The van der Waals surface area contributed by atoms with Gasteiger partial charge in [0.2, 0.25) is 0 Å². The zero-order chi connectivity index (χ0) is 17.8. The van der Waals surface area contributed by atoms with Crippen LogP contribution in [0.5, 0.6) is 0 Å². The maximum atomic E-state index is 6.44. The summed E-state index contributed by atoms with van der Waals surface area (Å²) in [5.41, 5.74) is 10.6. The number of nitrogens with two attached hydrogens (primary N) is 1. The van der Waals surface area contributed by atoms with E-state index in [-0.39, 0.29) is 0 Å². The van der Waals surface area contributed by atoms with Crippen LogP contribution in [-0.2, 0) is 0 Å². The largest absolute Gasteiger partial charge is 0.327 e. The molecule has 1 nitrogen and oxygen atoms in total.